The molecule has 19 atom stereocenters. The minimum Gasteiger partial charge on any atom is -0.481 e. The van der Waals surface area contributed by atoms with Crippen molar-refractivity contribution in [1.82, 2.24) is 57.2 Å². The third-order valence-electron chi connectivity index (χ3n) is 13.6. The van der Waals surface area contributed by atoms with Crippen LogP contribution in [0.5, 0.6) is 0 Å². The molecule has 0 saturated carbocycles. The molecule has 0 radical (unpaired) electrons. The number of aliphatic hydroxyl groups is 16. The van der Waals surface area contributed by atoms with Gasteiger partial charge in [0.2, 0.25) is 41.4 Å². The van der Waals surface area contributed by atoms with E-state index in [0.29, 0.717) is 5.69 Å². The number of aliphatic hydroxyl groups excluding tert-OH is 16. The quantitative estimate of drug-likeness (QED) is 0.0235. The van der Waals surface area contributed by atoms with Crippen molar-refractivity contribution in [2.75, 3.05) is 43.2 Å². The third-order valence-corrected chi connectivity index (χ3v) is 14.0. The monoisotopic (exact) mass is 1370 g/mol. The van der Waals surface area contributed by atoms with Crippen LogP contribution in [-0.4, -0.2) is 324 Å². The number of thiol groups is 1. The van der Waals surface area contributed by atoms with Crippen LogP contribution in [0.2, 0.25) is 0 Å². The van der Waals surface area contributed by atoms with Crippen molar-refractivity contribution in [2.45, 2.75) is 141 Å². The number of anilines is 2. The third kappa shape index (κ3) is 22.6. The number of hydrogen-bond donors (Lipinski definition) is 30. The summed E-state index contributed by atoms with van der Waals surface area (Å²) < 4.78 is 0. The predicted molar refractivity (Wildman–Crippen MR) is 310 cm³/mol. The Labute approximate surface area is 532 Å². The van der Waals surface area contributed by atoms with E-state index in [4.69, 9.17) is 5.73 Å². The Morgan fingerprint density at radius 1 is 0.511 bits per heavy atom. The molecule has 0 bridgehead atoms. The molecule has 0 aliphatic carbocycles. The van der Waals surface area contributed by atoms with E-state index in [0.717, 1.165) is 0 Å². The van der Waals surface area contributed by atoms with Gasteiger partial charge in [0.1, 0.15) is 116 Å². The Balaban J connectivity index is 1.97. The number of aromatic amines is 1. The van der Waals surface area contributed by atoms with Crippen molar-refractivity contribution in [3.05, 3.63) is 52.1 Å². The van der Waals surface area contributed by atoms with Gasteiger partial charge in [0.25, 0.3) is 11.5 Å². The standard InChI is InChI=1S/C50H73N13O30S/c51-50-62-40-31(47(89)63-50)54-17(9-53-40)8-52-16-3-1-15(2-4-16)41(83)55-18(48(90)91)5-6-25(72)58-27(36(79)32(75)21(68)10-64)43(85)56-19(7-26(73)74)42(84)59-29(38(81)34(77)23(70)12-66)45(87)61-30(39(82)35(78)24(71)13-67)46(88)60-28(37(80)33(76)22(69)11-65)44(86)57-20(14-94)49(92)93/h1-4,9,18-24,27-30,32-39,52,64-71,75-82,94H,5-8,10-14H2,(H,55,83)(H,56,85)(H,57,86)(H,58,72)(H,59,84)(H,60,88)(H,61,87)(H,73,74)(H,90,91)(H,92,93)(H3,51,53,62,63,89)/t18-,19-,20-,21+,22+,23+,24+,27-,28-,29-,30-,32+,33+,34+,35-,36+,37+,38+,39+/m0/s1. The molecule has 2 heterocycles. The van der Waals surface area contributed by atoms with E-state index >= 15 is 0 Å². The Kier molecular flexibility index (Phi) is 31.7. The summed E-state index contributed by atoms with van der Waals surface area (Å²) in [7, 11) is 0. The average Bonchev–Trinajstić information content (AvgIpc) is 0.864. The van der Waals surface area contributed by atoms with Crippen LogP contribution in [0.4, 0.5) is 11.6 Å². The molecular weight excluding hydrogens is 1290 g/mol. The number of aromatic nitrogens is 4. The highest BCUT2D eigenvalue weighted by Crippen LogP contribution is 2.17. The first kappa shape index (κ1) is 79.7. The van der Waals surface area contributed by atoms with E-state index in [2.05, 4.69) is 43.2 Å². The SMILES string of the molecule is Nc1nc2ncc(CNc3ccc(C(=O)N[C@@H](CCC(=O)N[C@H](C(=O)N[C@@H](CC(=O)O)C(=O)N[C@H](C(=O)N[C@H](C(=O)N[C@H](C(=O)N[C@@H](CS)C(=O)O)[C@@H](O)[C@H](O)[C@H](O)CO)[C@@H](O)[C@@H](O)[C@H](O)CO)[C@@H](O)[C@H](O)[C@H](O)CO)[C@@H](O)[C@H](O)[C@H](O)CO)C(=O)O)cc3)nc2c(=O)[nH]1. The molecule has 1 aromatic carbocycles. The molecule has 0 unspecified atom stereocenters. The first-order valence-corrected chi connectivity index (χ1v) is 28.1. The molecular formula is C50H73N13O30S. The van der Waals surface area contributed by atoms with Gasteiger partial charge in [0.15, 0.2) is 11.2 Å². The molecule has 44 heteroatoms. The topological polar surface area (TPSA) is 749 Å². The predicted octanol–water partition coefficient (Wildman–Crippen LogP) is -15.4. The van der Waals surface area contributed by atoms with Crippen LogP contribution in [0.25, 0.3) is 11.2 Å². The normalized spacial score (nSPS) is 17.6. The summed E-state index contributed by atoms with van der Waals surface area (Å²) in [6.45, 7) is -5.62. The maximum atomic E-state index is 14.3. The molecule has 0 fully saturated rings. The number of fused-ring (bicyclic) bond motifs is 1. The molecule has 7 amide bonds. The molecule has 30 N–H and O–H groups in total. The van der Waals surface area contributed by atoms with E-state index in [-0.39, 0.29) is 34.9 Å². The molecule has 0 aliphatic rings. The van der Waals surface area contributed by atoms with Gasteiger partial charge in [-0.1, -0.05) is 0 Å². The van der Waals surface area contributed by atoms with E-state index < -0.39 is 232 Å². The van der Waals surface area contributed by atoms with Gasteiger partial charge < -0.3 is 145 Å². The van der Waals surface area contributed by atoms with E-state index in [9.17, 15) is 150 Å². The molecule has 3 aromatic rings. The van der Waals surface area contributed by atoms with Crippen molar-refractivity contribution in [3.63, 3.8) is 0 Å². The van der Waals surface area contributed by atoms with Gasteiger partial charge in [-0.2, -0.15) is 17.6 Å². The second kappa shape index (κ2) is 37.4. The highest BCUT2D eigenvalue weighted by atomic mass is 32.1. The van der Waals surface area contributed by atoms with Crippen molar-refractivity contribution in [3.8, 4) is 0 Å². The number of hydrogen-bond acceptors (Lipinski definition) is 33. The average molecular weight is 1370 g/mol. The van der Waals surface area contributed by atoms with Crippen LogP contribution in [-0.2, 0) is 49.7 Å². The van der Waals surface area contributed by atoms with Crippen LogP contribution in [0, 0.1) is 0 Å². The first-order chi connectivity index (χ1) is 44.1. The fourth-order valence-corrected chi connectivity index (χ4v) is 8.44. The van der Waals surface area contributed by atoms with Gasteiger partial charge in [0, 0.05) is 23.4 Å². The summed E-state index contributed by atoms with van der Waals surface area (Å²) in [5, 5.41) is 210. The molecule has 0 aliphatic heterocycles. The van der Waals surface area contributed by atoms with Gasteiger partial charge in [0.05, 0.1) is 51.3 Å². The zero-order valence-electron chi connectivity index (χ0n) is 48.6. The summed E-state index contributed by atoms with van der Waals surface area (Å²) in [5.74, 6) is -18.8. The van der Waals surface area contributed by atoms with E-state index in [1.807, 2.05) is 5.32 Å². The summed E-state index contributed by atoms with van der Waals surface area (Å²) in [4.78, 5) is 159. The number of H-pyrrole nitrogens is 1. The number of amides is 7. The van der Waals surface area contributed by atoms with Crippen molar-refractivity contribution < 1.29 is 145 Å². The van der Waals surface area contributed by atoms with Gasteiger partial charge in [-0.25, -0.2) is 19.6 Å². The lowest BCUT2D eigenvalue weighted by molar-refractivity contribution is -0.149. The van der Waals surface area contributed by atoms with Gasteiger partial charge in [-0.05, 0) is 30.7 Å². The van der Waals surface area contributed by atoms with Gasteiger partial charge in [-0.3, -0.25) is 48.1 Å². The van der Waals surface area contributed by atoms with Crippen LogP contribution in [0.3, 0.4) is 0 Å². The molecule has 0 spiro atoms. The summed E-state index contributed by atoms with van der Waals surface area (Å²) in [6, 6.07) is -12.8. The van der Waals surface area contributed by atoms with Crippen LogP contribution in [0.15, 0.2) is 35.3 Å². The van der Waals surface area contributed by atoms with Crippen molar-refractivity contribution >= 4 is 94.7 Å². The Morgan fingerprint density at radius 3 is 1.32 bits per heavy atom. The van der Waals surface area contributed by atoms with Gasteiger partial charge in [-0.15, -0.1) is 0 Å². The number of carbonyl (C=O) groups excluding carboxylic acids is 7. The molecule has 3 rings (SSSR count). The largest absolute Gasteiger partial charge is 0.481 e. The first-order valence-electron chi connectivity index (χ1n) is 27.4. The number of nitrogens with one attached hydrogen (secondary N) is 9. The number of carboxylic acid groups (broad SMARTS) is 3. The lowest BCUT2D eigenvalue weighted by atomic mass is 9.96. The number of rotatable bonds is 40. The fraction of sp³-hybridized carbons (Fsp3) is 0.560. The van der Waals surface area contributed by atoms with Crippen molar-refractivity contribution in [1.29, 1.82) is 0 Å². The summed E-state index contributed by atoms with van der Waals surface area (Å²) in [5.41, 5.74) is 5.30. The molecule has 2 aromatic heterocycles. The minimum atomic E-state index is -3.03. The van der Waals surface area contributed by atoms with Gasteiger partial charge >= 0.3 is 17.9 Å². The zero-order valence-corrected chi connectivity index (χ0v) is 49.5. The molecule has 43 nitrogen and oxygen atoms in total. The summed E-state index contributed by atoms with van der Waals surface area (Å²) >= 11 is 3.74. The fourth-order valence-electron chi connectivity index (χ4n) is 8.20. The number of benzene rings is 1. The zero-order chi connectivity index (χ0) is 71.2. The number of carboxylic acids is 3. The Morgan fingerprint density at radius 2 is 0.915 bits per heavy atom. The highest BCUT2D eigenvalue weighted by Gasteiger charge is 2.46. The van der Waals surface area contributed by atoms with Crippen LogP contribution in [0.1, 0.15) is 35.3 Å². The van der Waals surface area contributed by atoms with E-state index in [1.54, 1.807) is 26.6 Å². The lowest BCUT2D eigenvalue weighted by Gasteiger charge is -2.35. The van der Waals surface area contributed by atoms with E-state index in [1.165, 1.54) is 30.5 Å². The number of nitrogens with two attached hydrogens (primary N) is 1. The molecule has 524 valence electrons. The number of aliphatic carboxylic acids is 3. The smallest absolute Gasteiger partial charge is 0.327 e. The summed E-state index contributed by atoms with van der Waals surface area (Å²) in [6.07, 6.45) is -34.3. The molecule has 94 heavy (non-hydrogen) atoms. The maximum Gasteiger partial charge on any atom is 0.327 e. The Bertz CT molecular complexity index is 3160. The number of nitrogens with zero attached hydrogens (tertiary/aromatic N) is 3. The second-order valence-electron chi connectivity index (χ2n) is 20.5. The number of nitrogen functional groups attached to an aromatic ring is 1. The lowest BCUT2D eigenvalue weighted by Crippen LogP contribution is -2.68. The van der Waals surface area contributed by atoms with Crippen LogP contribution >= 0.6 is 12.6 Å². The molecule has 0 saturated heterocycles. The number of carbonyl (C=O) groups is 10. The minimum absolute atomic E-state index is 0.00412. The highest BCUT2D eigenvalue weighted by molar-refractivity contribution is 7.80. The maximum absolute atomic E-state index is 14.3. The van der Waals surface area contributed by atoms with Crippen LogP contribution < -0.4 is 53.8 Å². The van der Waals surface area contributed by atoms with Crippen molar-refractivity contribution in [2.24, 2.45) is 0 Å². The Hall–Kier alpha value is -8.55. The second-order valence-corrected chi connectivity index (χ2v) is 20.9.